The highest BCUT2D eigenvalue weighted by atomic mass is 32.2. The van der Waals surface area contributed by atoms with E-state index >= 15 is 0 Å². The van der Waals surface area contributed by atoms with E-state index in [0.29, 0.717) is 18.7 Å². The molecule has 7 heteroatoms. The van der Waals surface area contributed by atoms with E-state index in [0.717, 1.165) is 59.3 Å². The topological polar surface area (TPSA) is 54.5 Å². The van der Waals surface area contributed by atoms with Crippen LogP contribution in [0.5, 0.6) is 5.75 Å². The number of anilines is 1. The maximum Gasteiger partial charge on any atom is 0.254 e. The molecule has 3 aromatic rings. The van der Waals surface area contributed by atoms with Crippen LogP contribution in [0.3, 0.4) is 0 Å². The Hall–Kier alpha value is -3.06. The number of nitrogens with one attached hydrogen (secondary N) is 1. The predicted octanol–water partition coefficient (Wildman–Crippen LogP) is 5.09. The first-order valence-electron chi connectivity index (χ1n) is 11.2. The van der Waals surface area contributed by atoms with Gasteiger partial charge in [0, 0.05) is 19.3 Å². The molecule has 0 saturated carbocycles. The Morgan fingerprint density at radius 2 is 2.00 bits per heavy atom. The highest BCUT2D eigenvalue weighted by Gasteiger charge is 2.18. The molecule has 0 fully saturated rings. The van der Waals surface area contributed by atoms with Crippen molar-refractivity contribution in [3.05, 3.63) is 83.3 Å². The summed E-state index contributed by atoms with van der Waals surface area (Å²) in [7, 11) is 0. The Morgan fingerprint density at radius 3 is 2.82 bits per heavy atom. The number of halogens is 1. The van der Waals surface area contributed by atoms with Gasteiger partial charge in [-0.2, -0.15) is 0 Å². The van der Waals surface area contributed by atoms with Crippen LogP contribution in [0.1, 0.15) is 34.8 Å². The molecule has 0 atom stereocenters. The molecule has 0 unspecified atom stereocenters. The number of rotatable bonds is 9. The van der Waals surface area contributed by atoms with Crippen molar-refractivity contribution < 1.29 is 13.9 Å². The fourth-order valence-corrected chi connectivity index (χ4v) is 4.74. The molecule has 1 aliphatic rings. The Morgan fingerprint density at radius 1 is 1.18 bits per heavy atom. The van der Waals surface area contributed by atoms with Crippen molar-refractivity contribution >= 4 is 23.4 Å². The maximum absolute atomic E-state index is 13.0. The fraction of sp³-hybridized carbons (Fsp3) is 0.308. The molecule has 0 bridgehead atoms. The molecule has 0 spiro atoms. The summed E-state index contributed by atoms with van der Waals surface area (Å²) in [5, 5.41) is 3.76. The summed E-state index contributed by atoms with van der Waals surface area (Å²) in [5.41, 5.74) is 3.80. The van der Waals surface area contributed by atoms with Gasteiger partial charge in [-0.15, -0.1) is 11.8 Å². The largest absolute Gasteiger partial charge is 0.490 e. The minimum absolute atomic E-state index is 0.134. The molecule has 1 amide bonds. The monoisotopic (exact) mass is 465 g/mol. The van der Waals surface area contributed by atoms with Crippen LogP contribution in [0.25, 0.3) is 0 Å². The zero-order chi connectivity index (χ0) is 23.0. The van der Waals surface area contributed by atoms with Crippen LogP contribution < -0.4 is 15.0 Å². The number of fused-ring (bicyclic) bond motifs is 1. The smallest absolute Gasteiger partial charge is 0.254 e. The Balaban J connectivity index is 1.33. The number of aryl methyl sites for hydroxylation is 1. The minimum Gasteiger partial charge on any atom is -0.490 e. The van der Waals surface area contributed by atoms with Crippen LogP contribution in [0.15, 0.2) is 65.8 Å². The van der Waals surface area contributed by atoms with E-state index < -0.39 is 0 Å². The van der Waals surface area contributed by atoms with Gasteiger partial charge in [-0.1, -0.05) is 18.2 Å². The average Bonchev–Trinajstić information content (AvgIpc) is 2.86. The highest BCUT2D eigenvalue weighted by molar-refractivity contribution is 7.99. The van der Waals surface area contributed by atoms with Gasteiger partial charge in [0.25, 0.3) is 5.91 Å². The predicted molar refractivity (Wildman–Crippen MR) is 131 cm³/mol. The highest BCUT2D eigenvalue weighted by Crippen LogP contribution is 2.32. The van der Waals surface area contributed by atoms with Crippen molar-refractivity contribution in [3.63, 3.8) is 0 Å². The Kier molecular flexibility index (Phi) is 7.83. The third kappa shape index (κ3) is 6.05. The molecule has 0 saturated heterocycles. The summed E-state index contributed by atoms with van der Waals surface area (Å²) in [5.74, 6) is 1.37. The number of aromatic nitrogens is 1. The van der Waals surface area contributed by atoms with E-state index in [9.17, 15) is 9.18 Å². The number of thioether (sulfide) groups is 1. The summed E-state index contributed by atoms with van der Waals surface area (Å²) >= 11 is 1.57. The van der Waals surface area contributed by atoms with Gasteiger partial charge >= 0.3 is 0 Å². The van der Waals surface area contributed by atoms with Crippen LogP contribution in [0, 0.1) is 5.82 Å². The van der Waals surface area contributed by atoms with Crippen LogP contribution in [-0.4, -0.2) is 36.3 Å². The van der Waals surface area contributed by atoms with Gasteiger partial charge < -0.3 is 15.0 Å². The summed E-state index contributed by atoms with van der Waals surface area (Å²) in [6.07, 6.45) is 3.49. The molecular weight excluding hydrogens is 437 g/mol. The summed E-state index contributed by atoms with van der Waals surface area (Å²) in [6.45, 7) is 5.06. The molecule has 1 aliphatic heterocycles. The average molecular weight is 466 g/mol. The van der Waals surface area contributed by atoms with Crippen molar-refractivity contribution in [2.24, 2.45) is 0 Å². The lowest BCUT2D eigenvalue weighted by Gasteiger charge is -2.30. The Bertz CT molecular complexity index is 1090. The molecule has 1 aromatic heterocycles. The fourth-order valence-electron chi connectivity index (χ4n) is 3.81. The van der Waals surface area contributed by atoms with E-state index in [1.54, 1.807) is 24.0 Å². The molecule has 2 aromatic carbocycles. The van der Waals surface area contributed by atoms with E-state index in [-0.39, 0.29) is 11.7 Å². The minimum atomic E-state index is -0.219. The molecule has 1 N–H and O–H groups in total. The van der Waals surface area contributed by atoms with E-state index in [1.807, 2.05) is 30.3 Å². The summed E-state index contributed by atoms with van der Waals surface area (Å²) in [4.78, 5) is 19.6. The molecule has 172 valence electrons. The number of nitrogens with zero attached hydrogens (tertiary/aromatic N) is 2. The number of pyridine rings is 1. The normalized spacial score (nSPS) is 12.7. The second-order valence-electron chi connectivity index (χ2n) is 7.85. The molecule has 2 heterocycles. The molecule has 0 radical (unpaired) electrons. The maximum atomic E-state index is 13.0. The number of hydrogen-bond acceptors (Lipinski definition) is 5. The van der Waals surface area contributed by atoms with Crippen molar-refractivity contribution in [3.8, 4) is 5.75 Å². The van der Waals surface area contributed by atoms with Crippen LogP contribution in [0.4, 0.5) is 10.1 Å². The summed E-state index contributed by atoms with van der Waals surface area (Å²) in [6, 6.07) is 16.2. The molecule has 33 heavy (non-hydrogen) atoms. The lowest BCUT2D eigenvalue weighted by molar-refractivity contribution is 0.0947. The molecule has 5 nitrogen and oxygen atoms in total. The van der Waals surface area contributed by atoms with Crippen LogP contribution in [0.2, 0.25) is 0 Å². The quantitative estimate of drug-likeness (QED) is 0.352. The molecule has 0 aliphatic carbocycles. The number of carbonyl (C=O) groups is 1. The zero-order valence-corrected chi connectivity index (χ0v) is 19.5. The second-order valence-corrected chi connectivity index (χ2v) is 8.93. The van der Waals surface area contributed by atoms with Crippen molar-refractivity contribution in [1.82, 2.24) is 10.3 Å². The number of ether oxygens (including phenoxy) is 1. The molecular formula is C26H28FN3O2S. The number of amides is 1. The van der Waals surface area contributed by atoms with Gasteiger partial charge in [0.15, 0.2) is 0 Å². The van der Waals surface area contributed by atoms with Crippen molar-refractivity contribution in [2.75, 3.05) is 30.3 Å². The van der Waals surface area contributed by atoms with Gasteiger partial charge in [-0.25, -0.2) is 9.37 Å². The third-order valence-electron chi connectivity index (χ3n) is 5.60. The van der Waals surface area contributed by atoms with Gasteiger partial charge in [0.2, 0.25) is 0 Å². The lowest BCUT2D eigenvalue weighted by Crippen LogP contribution is -2.32. The first kappa shape index (κ1) is 23.1. The van der Waals surface area contributed by atoms with Crippen LogP contribution in [-0.2, 0) is 13.0 Å². The second kappa shape index (κ2) is 11.2. The third-order valence-corrected chi connectivity index (χ3v) is 6.69. The van der Waals surface area contributed by atoms with E-state index in [1.165, 1.54) is 12.1 Å². The van der Waals surface area contributed by atoms with Gasteiger partial charge in [0.05, 0.1) is 17.8 Å². The van der Waals surface area contributed by atoms with Crippen molar-refractivity contribution in [2.45, 2.75) is 31.3 Å². The standard InChI is InChI=1S/C26H28FN3O2S/c1-2-30-14-15-32-24-12-9-20(17-23(24)30)18-29-25(31)22-6-3-13-28-26(22)33-16-4-5-19-7-10-21(27)11-8-19/h3,6-13,17H,2,4-5,14-16,18H2,1H3,(H,29,31). The van der Waals surface area contributed by atoms with Gasteiger partial charge in [-0.05, 0) is 73.0 Å². The zero-order valence-electron chi connectivity index (χ0n) is 18.7. The van der Waals surface area contributed by atoms with E-state index in [4.69, 9.17) is 4.74 Å². The SMILES string of the molecule is CCN1CCOc2ccc(CNC(=O)c3cccnc3SCCCc3ccc(F)cc3)cc21. The first-order valence-corrected chi connectivity index (χ1v) is 12.2. The first-order chi connectivity index (χ1) is 16.1. The van der Waals surface area contributed by atoms with Crippen LogP contribution >= 0.6 is 11.8 Å². The van der Waals surface area contributed by atoms with Gasteiger partial charge in [0.1, 0.15) is 23.2 Å². The van der Waals surface area contributed by atoms with Crippen molar-refractivity contribution in [1.29, 1.82) is 0 Å². The lowest BCUT2D eigenvalue weighted by atomic mass is 10.1. The number of hydrogen-bond donors (Lipinski definition) is 1. The molecule has 4 rings (SSSR count). The van der Waals surface area contributed by atoms with E-state index in [2.05, 4.69) is 28.2 Å². The summed E-state index contributed by atoms with van der Waals surface area (Å²) < 4.78 is 18.8. The number of carbonyl (C=O) groups excluding carboxylic acids is 1. The number of likely N-dealkylation sites (N-methyl/N-ethyl adjacent to an activating group) is 1. The van der Waals surface area contributed by atoms with Gasteiger partial charge in [-0.3, -0.25) is 4.79 Å². The number of benzene rings is 2. The Labute approximate surface area is 198 Å².